The van der Waals surface area contributed by atoms with E-state index in [0.29, 0.717) is 56.1 Å². The third kappa shape index (κ3) is 9.59. The van der Waals surface area contributed by atoms with Crippen molar-refractivity contribution in [2.45, 2.75) is 114 Å². The van der Waals surface area contributed by atoms with E-state index in [9.17, 15) is 18.4 Å². The van der Waals surface area contributed by atoms with E-state index in [1.807, 2.05) is 24.3 Å². The summed E-state index contributed by atoms with van der Waals surface area (Å²) < 4.78 is 38.9. The van der Waals surface area contributed by atoms with Crippen LogP contribution in [0.2, 0.25) is 20.1 Å². The van der Waals surface area contributed by atoms with Crippen molar-refractivity contribution in [1.82, 2.24) is 19.6 Å². The molecule has 2 saturated carbocycles. The molecule has 6 fully saturated rings. The number of carbonyl (C=O) groups excluding carboxylic acids is 2. The molecule has 0 radical (unpaired) electrons. The summed E-state index contributed by atoms with van der Waals surface area (Å²) >= 11 is 24.9. The highest BCUT2D eigenvalue weighted by atomic mass is 35.5. The molecular weight excluding hydrogens is 900 g/mol. The molecular formula is C50H54Cl4F2N4O4. The van der Waals surface area contributed by atoms with Crippen LogP contribution in [0.3, 0.4) is 0 Å². The second-order valence-corrected chi connectivity index (χ2v) is 20.4. The van der Waals surface area contributed by atoms with Crippen molar-refractivity contribution < 1.29 is 27.8 Å². The standard InChI is InChI=1S/2C25H27Cl2FN2O2/c2*1-14(16-5-18(26)8-19(27)6-16)30-13-20-9-21(30)12-29(20)11-17-7-24(28)23(25(31)32-2)10-22(17)15-3-4-15/h2*5-8,10,14-15,20-21H,3-4,9,11-13H2,1-2H3/t14-,20+,21+;14-,20-,21-/m10/s1. The molecule has 2 aliphatic carbocycles. The van der Waals surface area contributed by atoms with Crippen LogP contribution in [-0.2, 0) is 22.6 Å². The van der Waals surface area contributed by atoms with Crippen molar-refractivity contribution in [3.05, 3.63) is 137 Å². The Morgan fingerprint density at radius 3 is 1.22 bits per heavy atom. The van der Waals surface area contributed by atoms with Crippen molar-refractivity contribution in [1.29, 1.82) is 0 Å². The van der Waals surface area contributed by atoms with Crippen LogP contribution in [0.15, 0.2) is 60.7 Å². The minimum absolute atomic E-state index is 0.0428. The molecule has 0 N–H and O–H groups in total. The molecule has 14 heteroatoms. The average Bonchev–Trinajstić information content (AvgIpc) is 4.14. The second-order valence-electron chi connectivity index (χ2n) is 18.7. The quantitative estimate of drug-likeness (QED) is 0.130. The molecule has 0 amide bonds. The number of carbonyl (C=O) groups is 2. The third-order valence-corrected chi connectivity index (χ3v) is 15.4. The number of benzene rings is 4. The van der Waals surface area contributed by atoms with Gasteiger partial charge in [0.05, 0.1) is 25.3 Å². The van der Waals surface area contributed by atoms with E-state index in [-0.39, 0.29) is 23.2 Å². The molecule has 4 aromatic rings. The van der Waals surface area contributed by atoms with Gasteiger partial charge in [0.1, 0.15) is 11.6 Å². The number of hydrogen-bond donors (Lipinski definition) is 0. The number of fused-ring (bicyclic) bond motifs is 4. The van der Waals surface area contributed by atoms with Crippen LogP contribution >= 0.6 is 46.4 Å². The van der Waals surface area contributed by atoms with Gasteiger partial charge in [-0.3, -0.25) is 19.6 Å². The molecule has 0 aromatic heterocycles. The lowest BCUT2D eigenvalue weighted by molar-refractivity contribution is 0.0586. The molecule has 4 bridgehead atoms. The molecule has 4 saturated heterocycles. The summed E-state index contributed by atoms with van der Waals surface area (Å²) in [5.74, 6) is -1.35. The number of piperazine rings is 2. The summed E-state index contributed by atoms with van der Waals surface area (Å²) in [5.41, 5.74) is 6.58. The normalized spacial score (nSPS) is 24.2. The van der Waals surface area contributed by atoms with Gasteiger partial charge in [-0.25, -0.2) is 18.4 Å². The van der Waals surface area contributed by atoms with Crippen molar-refractivity contribution in [3.8, 4) is 0 Å². The zero-order valence-electron chi connectivity index (χ0n) is 36.6. The van der Waals surface area contributed by atoms with Gasteiger partial charge in [0.2, 0.25) is 0 Å². The van der Waals surface area contributed by atoms with Gasteiger partial charge in [0, 0.05) is 95.6 Å². The Balaban J connectivity index is 0.000000162. The Labute approximate surface area is 394 Å². The molecule has 0 unspecified atom stereocenters. The molecule has 6 atom stereocenters. The summed E-state index contributed by atoms with van der Waals surface area (Å²) in [6.45, 7) is 9.70. The van der Waals surface area contributed by atoms with Crippen LogP contribution in [0.1, 0.15) is 130 Å². The monoisotopic (exact) mass is 952 g/mol. The van der Waals surface area contributed by atoms with Gasteiger partial charge in [-0.1, -0.05) is 46.4 Å². The van der Waals surface area contributed by atoms with Crippen LogP contribution in [0, 0.1) is 11.6 Å². The Bertz CT molecular complexity index is 2240. The first-order valence-corrected chi connectivity index (χ1v) is 23.9. The van der Waals surface area contributed by atoms with Gasteiger partial charge in [-0.2, -0.15) is 0 Å². The number of nitrogens with zero attached hydrogens (tertiary/aromatic N) is 4. The Kier molecular flexibility index (Phi) is 13.4. The molecule has 0 spiro atoms. The van der Waals surface area contributed by atoms with Crippen molar-refractivity contribution >= 4 is 58.3 Å². The van der Waals surface area contributed by atoms with E-state index in [1.165, 1.54) is 14.2 Å². The lowest BCUT2D eigenvalue weighted by atomic mass is 9.98. The first-order valence-electron chi connectivity index (χ1n) is 22.4. The summed E-state index contributed by atoms with van der Waals surface area (Å²) in [6.07, 6.45) is 6.61. The SMILES string of the molecule is COC(=O)c1cc(C2CC2)c(CN2C[C@@H]3C[C@H]2CN3[C@@H](C)c2cc(Cl)cc(Cl)c2)cc1F.COC(=O)c1cc(C2CC2)c(CN2C[C@@H]3C[C@H]2CN3[C@H](C)c2cc(Cl)cc(Cl)c2)cc1F. The molecule has 6 aliphatic rings. The van der Waals surface area contributed by atoms with Gasteiger partial charge in [0.15, 0.2) is 0 Å². The minimum Gasteiger partial charge on any atom is -0.465 e. The van der Waals surface area contributed by atoms with Crippen molar-refractivity contribution in [2.24, 2.45) is 0 Å². The molecule has 8 nitrogen and oxygen atoms in total. The van der Waals surface area contributed by atoms with Gasteiger partial charge in [-0.05, 0) is 158 Å². The van der Waals surface area contributed by atoms with E-state index in [1.54, 1.807) is 36.4 Å². The zero-order valence-corrected chi connectivity index (χ0v) is 39.6. The van der Waals surface area contributed by atoms with E-state index in [4.69, 9.17) is 55.9 Å². The van der Waals surface area contributed by atoms with Crippen LogP contribution in [0.5, 0.6) is 0 Å². The lowest BCUT2D eigenvalue weighted by Gasteiger charge is -2.38. The number of esters is 2. The molecule has 340 valence electrons. The predicted octanol–water partition coefficient (Wildman–Crippen LogP) is 11.6. The minimum atomic E-state index is -0.609. The Morgan fingerprint density at radius 1 is 0.562 bits per heavy atom. The lowest BCUT2D eigenvalue weighted by Crippen LogP contribution is -2.46. The fourth-order valence-electron chi connectivity index (χ4n) is 11.0. The Hall–Kier alpha value is -3.32. The zero-order chi connectivity index (χ0) is 45.1. The topological polar surface area (TPSA) is 65.6 Å². The number of ether oxygens (including phenoxy) is 2. The summed E-state index contributed by atoms with van der Waals surface area (Å²) in [5, 5.41) is 2.65. The molecule has 4 heterocycles. The third-order valence-electron chi connectivity index (χ3n) is 14.6. The van der Waals surface area contributed by atoms with E-state index in [2.05, 4.69) is 33.4 Å². The van der Waals surface area contributed by atoms with Crippen LogP contribution in [0.25, 0.3) is 0 Å². The van der Waals surface area contributed by atoms with Gasteiger partial charge in [-0.15, -0.1) is 0 Å². The molecule has 4 aliphatic heterocycles. The summed E-state index contributed by atoms with van der Waals surface area (Å²) in [4.78, 5) is 33.9. The average molecular weight is 955 g/mol. The van der Waals surface area contributed by atoms with E-state index < -0.39 is 23.6 Å². The molecule has 64 heavy (non-hydrogen) atoms. The number of likely N-dealkylation sites (tertiary alicyclic amines) is 4. The highest BCUT2D eigenvalue weighted by Gasteiger charge is 2.47. The van der Waals surface area contributed by atoms with Crippen LogP contribution in [0.4, 0.5) is 8.78 Å². The number of halogens is 6. The first kappa shape index (κ1) is 45.8. The highest BCUT2D eigenvalue weighted by Crippen LogP contribution is 2.46. The van der Waals surface area contributed by atoms with Crippen molar-refractivity contribution in [3.63, 3.8) is 0 Å². The van der Waals surface area contributed by atoms with Crippen LogP contribution in [-0.4, -0.2) is 96.1 Å². The Morgan fingerprint density at radius 2 is 0.922 bits per heavy atom. The van der Waals surface area contributed by atoms with E-state index in [0.717, 1.165) is 111 Å². The smallest absolute Gasteiger partial charge is 0.340 e. The number of rotatable bonds is 12. The number of methoxy groups -OCH3 is 2. The maximum absolute atomic E-state index is 14.7. The second kappa shape index (κ2) is 18.8. The fraction of sp³-hybridized carbons (Fsp3) is 0.480. The number of hydrogen-bond acceptors (Lipinski definition) is 8. The van der Waals surface area contributed by atoms with Gasteiger partial charge < -0.3 is 9.47 Å². The maximum Gasteiger partial charge on any atom is 0.340 e. The van der Waals surface area contributed by atoms with Crippen LogP contribution < -0.4 is 0 Å². The highest BCUT2D eigenvalue weighted by molar-refractivity contribution is 6.35. The van der Waals surface area contributed by atoms with E-state index >= 15 is 0 Å². The first-order chi connectivity index (χ1) is 30.7. The maximum atomic E-state index is 14.7. The summed E-state index contributed by atoms with van der Waals surface area (Å²) in [6, 6.07) is 20.3. The molecule has 4 aromatic carbocycles. The van der Waals surface area contributed by atoms with Gasteiger partial charge in [0.25, 0.3) is 0 Å². The fourth-order valence-corrected chi connectivity index (χ4v) is 12.1. The summed E-state index contributed by atoms with van der Waals surface area (Å²) in [7, 11) is 2.58. The van der Waals surface area contributed by atoms with Gasteiger partial charge >= 0.3 is 11.9 Å². The predicted molar refractivity (Wildman–Crippen MR) is 248 cm³/mol. The van der Waals surface area contributed by atoms with Crippen molar-refractivity contribution in [2.75, 3.05) is 40.4 Å². The largest absolute Gasteiger partial charge is 0.465 e. The molecule has 10 rings (SSSR count).